The molecule has 9 heteroatoms. The van der Waals surface area contributed by atoms with Gasteiger partial charge in [0.15, 0.2) is 5.78 Å². The first-order valence-electron chi connectivity index (χ1n) is 8.51. The zero-order chi connectivity index (χ0) is 20.1. The largest absolute Gasteiger partial charge is 0.481 e. The van der Waals surface area contributed by atoms with Crippen LogP contribution in [0.15, 0.2) is 0 Å². The van der Waals surface area contributed by atoms with E-state index in [1.165, 1.54) is 6.92 Å². The fourth-order valence-corrected chi connectivity index (χ4v) is 2.15. The van der Waals surface area contributed by atoms with Crippen molar-refractivity contribution in [1.29, 1.82) is 0 Å². The number of rotatable bonds is 15. The van der Waals surface area contributed by atoms with Gasteiger partial charge in [0, 0.05) is 25.9 Å². The molecule has 0 aromatic heterocycles. The number of carboxylic acid groups (broad SMARTS) is 2. The minimum atomic E-state index is -1.27. The van der Waals surface area contributed by atoms with Crippen LogP contribution in [0, 0.1) is 5.92 Å². The van der Waals surface area contributed by atoms with E-state index >= 15 is 0 Å². The van der Waals surface area contributed by atoms with Crippen LogP contribution in [0.2, 0.25) is 0 Å². The van der Waals surface area contributed by atoms with Crippen molar-refractivity contribution in [3.8, 4) is 0 Å². The van der Waals surface area contributed by atoms with Gasteiger partial charge in [-0.15, -0.1) is 0 Å². The summed E-state index contributed by atoms with van der Waals surface area (Å²) in [5.74, 6) is -4.71. The molecule has 0 saturated carbocycles. The summed E-state index contributed by atoms with van der Waals surface area (Å²) in [6, 6.07) is -1.21. The molecule has 0 rings (SSSR count). The Hall–Kier alpha value is -2.29. The van der Waals surface area contributed by atoms with Gasteiger partial charge in [-0.25, -0.2) is 4.79 Å². The van der Waals surface area contributed by atoms with Crippen LogP contribution >= 0.6 is 0 Å². The minimum Gasteiger partial charge on any atom is -0.481 e. The second-order valence-electron chi connectivity index (χ2n) is 6.07. The predicted molar refractivity (Wildman–Crippen MR) is 90.6 cm³/mol. The first-order valence-corrected chi connectivity index (χ1v) is 8.51. The topological polar surface area (TPSA) is 147 Å². The molecule has 0 bridgehead atoms. The Bertz CT molecular complexity index is 517. The smallest absolute Gasteiger partial charge is 0.326 e. The first kappa shape index (κ1) is 23.7. The molecule has 1 amide bonds. The van der Waals surface area contributed by atoms with E-state index in [1.807, 2.05) is 6.92 Å². The van der Waals surface area contributed by atoms with E-state index in [0.29, 0.717) is 6.61 Å². The first-order chi connectivity index (χ1) is 12.2. The fourth-order valence-electron chi connectivity index (χ4n) is 2.15. The molecule has 0 heterocycles. The average molecular weight is 373 g/mol. The number of carbonyl (C=O) groups is 5. The average Bonchev–Trinajstić information content (AvgIpc) is 2.54. The van der Waals surface area contributed by atoms with Crippen molar-refractivity contribution >= 4 is 29.4 Å². The van der Waals surface area contributed by atoms with Gasteiger partial charge in [0.1, 0.15) is 18.4 Å². The molecule has 0 fully saturated rings. The third-order valence-electron chi connectivity index (χ3n) is 3.57. The zero-order valence-electron chi connectivity index (χ0n) is 15.2. The van der Waals surface area contributed by atoms with Crippen LogP contribution in [0.25, 0.3) is 0 Å². The molecule has 0 aromatic rings. The van der Waals surface area contributed by atoms with E-state index in [2.05, 4.69) is 5.32 Å². The molecule has 0 radical (unpaired) electrons. The fraction of sp³-hybridized carbons (Fsp3) is 0.706. The van der Waals surface area contributed by atoms with Crippen molar-refractivity contribution in [3.05, 3.63) is 0 Å². The highest BCUT2D eigenvalue weighted by atomic mass is 16.5. The Balaban J connectivity index is 4.46. The molecule has 3 N–H and O–H groups in total. The molecular formula is C17H27NO8. The van der Waals surface area contributed by atoms with Gasteiger partial charge in [-0.1, -0.05) is 6.92 Å². The van der Waals surface area contributed by atoms with Crippen molar-refractivity contribution in [2.24, 2.45) is 5.92 Å². The number of ether oxygens (including phenoxy) is 1. The molecule has 0 aliphatic rings. The van der Waals surface area contributed by atoms with Crippen LogP contribution in [-0.4, -0.2) is 58.9 Å². The molecule has 0 aromatic carbocycles. The lowest BCUT2D eigenvalue weighted by atomic mass is 9.97. The van der Waals surface area contributed by atoms with E-state index < -0.39 is 29.8 Å². The maximum atomic E-state index is 11.9. The summed E-state index contributed by atoms with van der Waals surface area (Å²) in [5, 5.41) is 20.5. The van der Waals surface area contributed by atoms with E-state index in [4.69, 9.17) is 14.9 Å². The van der Waals surface area contributed by atoms with Crippen molar-refractivity contribution in [2.75, 3.05) is 13.2 Å². The third kappa shape index (κ3) is 11.3. The summed E-state index contributed by atoms with van der Waals surface area (Å²) in [6.45, 7) is 3.43. The number of carbonyl (C=O) groups excluding carboxylic acids is 3. The van der Waals surface area contributed by atoms with Gasteiger partial charge in [0.2, 0.25) is 5.91 Å². The quantitative estimate of drug-likeness (QED) is 0.357. The highest BCUT2D eigenvalue weighted by molar-refractivity contribution is 5.86. The number of Topliss-reactive ketones (excluding diaryl/α,β-unsaturated/α-hetero) is 2. The minimum absolute atomic E-state index is 0.0151. The Morgan fingerprint density at radius 3 is 2.15 bits per heavy atom. The number of hydrogen-bond donors (Lipinski definition) is 3. The number of carboxylic acids is 2. The summed E-state index contributed by atoms with van der Waals surface area (Å²) >= 11 is 0. The molecule has 148 valence electrons. The molecule has 0 saturated heterocycles. The van der Waals surface area contributed by atoms with E-state index in [9.17, 15) is 24.0 Å². The van der Waals surface area contributed by atoms with Crippen LogP contribution in [0.1, 0.15) is 52.4 Å². The van der Waals surface area contributed by atoms with Gasteiger partial charge in [0.25, 0.3) is 0 Å². The highest BCUT2D eigenvalue weighted by Gasteiger charge is 2.24. The third-order valence-corrected chi connectivity index (χ3v) is 3.57. The lowest BCUT2D eigenvalue weighted by Crippen LogP contribution is -2.41. The van der Waals surface area contributed by atoms with Crippen molar-refractivity contribution in [2.45, 2.75) is 58.4 Å². The summed E-state index contributed by atoms with van der Waals surface area (Å²) in [5.41, 5.74) is 0. The van der Waals surface area contributed by atoms with E-state index in [0.717, 1.165) is 6.42 Å². The molecule has 0 aliphatic heterocycles. The molecule has 0 aliphatic carbocycles. The second-order valence-corrected chi connectivity index (χ2v) is 6.07. The van der Waals surface area contributed by atoms with Crippen LogP contribution < -0.4 is 5.32 Å². The maximum Gasteiger partial charge on any atom is 0.326 e. The van der Waals surface area contributed by atoms with Crippen LogP contribution in [0.5, 0.6) is 0 Å². The van der Waals surface area contributed by atoms with E-state index in [-0.39, 0.29) is 50.3 Å². The lowest BCUT2D eigenvalue weighted by molar-refractivity contribution is -0.145. The number of amides is 1. The monoisotopic (exact) mass is 373 g/mol. The molecule has 0 spiro atoms. The standard InChI is InChI=1S/C17H27NO8/c1-3-8-26-10-13(20)9-12(16(22)23)5-7-15(21)18-14(17(24)25)6-4-11(2)19/h12,14H,3-10H2,1-2H3,(H,18,21)(H,22,23)(H,24,25)/t12-,14+/m1/s1. The number of ketones is 2. The molecular weight excluding hydrogens is 346 g/mol. The van der Waals surface area contributed by atoms with E-state index in [1.54, 1.807) is 0 Å². The van der Waals surface area contributed by atoms with Crippen LogP contribution in [0.4, 0.5) is 0 Å². The van der Waals surface area contributed by atoms with Crippen LogP contribution in [-0.2, 0) is 28.7 Å². The summed E-state index contributed by atoms with van der Waals surface area (Å²) < 4.78 is 5.06. The lowest BCUT2D eigenvalue weighted by Gasteiger charge is -2.15. The molecule has 26 heavy (non-hydrogen) atoms. The SMILES string of the molecule is CCCOCC(=O)C[C@@H](CCC(=O)N[C@@H](CCC(C)=O)C(=O)O)C(=O)O. The Kier molecular flexibility index (Phi) is 11.8. The van der Waals surface area contributed by atoms with Crippen molar-refractivity contribution in [1.82, 2.24) is 5.32 Å². The maximum absolute atomic E-state index is 11.9. The summed E-state index contributed by atoms with van der Waals surface area (Å²) in [7, 11) is 0. The molecule has 0 unspecified atom stereocenters. The highest BCUT2D eigenvalue weighted by Crippen LogP contribution is 2.13. The van der Waals surface area contributed by atoms with Gasteiger partial charge in [-0.05, 0) is 26.2 Å². The Morgan fingerprint density at radius 2 is 1.65 bits per heavy atom. The number of nitrogens with one attached hydrogen (secondary N) is 1. The molecule has 9 nitrogen and oxygen atoms in total. The van der Waals surface area contributed by atoms with Gasteiger partial charge in [-0.3, -0.25) is 14.4 Å². The summed E-state index contributed by atoms with van der Waals surface area (Å²) in [6.07, 6.45) is 0.139. The van der Waals surface area contributed by atoms with Gasteiger partial charge >= 0.3 is 11.9 Å². The van der Waals surface area contributed by atoms with Crippen molar-refractivity contribution in [3.63, 3.8) is 0 Å². The number of hydrogen-bond acceptors (Lipinski definition) is 6. The second kappa shape index (κ2) is 13.0. The van der Waals surface area contributed by atoms with Gasteiger partial charge in [-0.2, -0.15) is 0 Å². The number of aliphatic carboxylic acids is 2. The van der Waals surface area contributed by atoms with Crippen molar-refractivity contribution < 1.29 is 38.9 Å². The van der Waals surface area contributed by atoms with Gasteiger partial charge < -0.3 is 25.1 Å². The normalized spacial score (nSPS) is 12.8. The predicted octanol–water partition coefficient (Wildman–Crippen LogP) is 0.792. The van der Waals surface area contributed by atoms with Gasteiger partial charge in [0.05, 0.1) is 5.92 Å². The molecule has 2 atom stereocenters. The van der Waals surface area contributed by atoms with Crippen LogP contribution in [0.3, 0.4) is 0 Å². The Morgan fingerprint density at radius 1 is 1.00 bits per heavy atom. The Labute approximate surface area is 152 Å². The summed E-state index contributed by atoms with van der Waals surface area (Å²) in [4.78, 5) is 56.8. The zero-order valence-corrected chi connectivity index (χ0v) is 15.2.